The zero-order chi connectivity index (χ0) is 9.10. The molecule has 2 heteroatoms. The third-order valence-corrected chi connectivity index (χ3v) is 2.03. The molecule has 0 saturated heterocycles. The van der Waals surface area contributed by atoms with Gasteiger partial charge in [0.05, 0.1) is 5.69 Å². The number of pyridine rings is 1. The third kappa shape index (κ3) is 1.78. The molecular formula is C11H14N2. The second kappa shape index (κ2) is 3.44. The Hall–Kier alpha value is -1.57. The molecule has 13 heavy (non-hydrogen) atoms. The van der Waals surface area contributed by atoms with Crippen LogP contribution in [0, 0.1) is 0 Å². The molecule has 0 radical (unpaired) electrons. The Kier molecular flexibility index (Phi) is 2.13. The van der Waals surface area contributed by atoms with E-state index in [1.54, 1.807) is 0 Å². The summed E-state index contributed by atoms with van der Waals surface area (Å²) in [5.41, 5.74) is 2.15. The SMILES string of the molecule is CC1C=CC(c2ccccn2)=CN1.[2HH]. The predicted octanol–water partition coefficient (Wildman–Crippen LogP) is 2.22. The van der Waals surface area contributed by atoms with Crippen molar-refractivity contribution in [1.82, 2.24) is 10.3 Å². The lowest BCUT2D eigenvalue weighted by Crippen LogP contribution is -2.20. The number of dihydropyridines is 1. The molecule has 1 aliphatic rings. The van der Waals surface area contributed by atoms with Crippen LogP contribution in [-0.2, 0) is 0 Å². The number of rotatable bonds is 1. The van der Waals surface area contributed by atoms with Gasteiger partial charge in [-0.25, -0.2) is 0 Å². The maximum atomic E-state index is 4.27. The molecule has 0 bridgehead atoms. The molecule has 1 N–H and O–H groups in total. The Labute approximate surface area is 79.5 Å². The summed E-state index contributed by atoms with van der Waals surface area (Å²) in [5, 5.41) is 3.24. The number of nitrogens with one attached hydrogen (secondary N) is 1. The molecule has 0 aromatic carbocycles. The fourth-order valence-corrected chi connectivity index (χ4v) is 1.27. The van der Waals surface area contributed by atoms with Crippen molar-refractivity contribution >= 4 is 5.57 Å². The van der Waals surface area contributed by atoms with E-state index < -0.39 is 0 Å². The van der Waals surface area contributed by atoms with Crippen LogP contribution in [0.5, 0.6) is 0 Å². The van der Waals surface area contributed by atoms with E-state index in [4.69, 9.17) is 0 Å². The zero-order valence-corrected chi connectivity index (χ0v) is 7.57. The van der Waals surface area contributed by atoms with E-state index in [9.17, 15) is 0 Å². The number of hydrogen-bond acceptors (Lipinski definition) is 2. The number of aromatic nitrogens is 1. The molecule has 1 aromatic rings. The molecule has 0 aliphatic carbocycles. The summed E-state index contributed by atoms with van der Waals surface area (Å²) in [5.74, 6) is 0. The Morgan fingerprint density at radius 1 is 1.46 bits per heavy atom. The molecule has 1 aliphatic heterocycles. The Morgan fingerprint density at radius 2 is 2.38 bits per heavy atom. The van der Waals surface area contributed by atoms with Crippen molar-refractivity contribution in [1.29, 1.82) is 0 Å². The standard InChI is InChI=1S/C11H12N2.H2/c1-9-5-6-10(8-13-9)11-4-2-3-7-12-11;/h2-9,13H,1H3;1H/i;1+1. The first-order chi connectivity index (χ1) is 6.36. The summed E-state index contributed by atoms with van der Waals surface area (Å²) < 4.78 is 0. The van der Waals surface area contributed by atoms with E-state index >= 15 is 0 Å². The highest BCUT2D eigenvalue weighted by Crippen LogP contribution is 2.14. The van der Waals surface area contributed by atoms with Gasteiger partial charge in [-0.2, -0.15) is 0 Å². The second-order valence-corrected chi connectivity index (χ2v) is 3.13. The molecule has 1 unspecified atom stereocenters. The van der Waals surface area contributed by atoms with Gasteiger partial charge in [0.15, 0.2) is 0 Å². The van der Waals surface area contributed by atoms with E-state index in [0.29, 0.717) is 6.04 Å². The Bertz CT molecular complexity index is 344. The van der Waals surface area contributed by atoms with Crippen molar-refractivity contribution in [3.63, 3.8) is 0 Å². The van der Waals surface area contributed by atoms with Gasteiger partial charge in [-0.15, -0.1) is 0 Å². The van der Waals surface area contributed by atoms with E-state index in [-0.39, 0.29) is 1.43 Å². The quantitative estimate of drug-likeness (QED) is 0.708. The molecular weight excluding hydrogens is 160 g/mol. The molecule has 0 spiro atoms. The molecule has 2 nitrogen and oxygen atoms in total. The number of allylic oxidation sites excluding steroid dienone is 2. The smallest absolute Gasteiger partial charge is 0.0716 e. The van der Waals surface area contributed by atoms with Crippen LogP contribution in [0.15, 0.2) is 42.7 Å². The minimum absolute atomic E-state index is 0. The largest absolute Gasteiger partial charge is 0.384 e. The van der Waals surface area contributed by atoms with E-state index in [1.165, 1.54) is 0 Å². The molecule has 1 aromatic heterocycles. The summed E-state index contributed by atoms with van der Waals surface area (Å²) in [4.78, 5) is 4.27. The summed E-state index contributed by atoms with van der Waals surface area (Å²) >= 11 is 0. The molecule has 0 saturated carbocycles. The van der Waals surface area contributed by atoms with Crippen LogP contribution < -0.4 is 5.32 Å². The van der Waals surface area contributed by atoms with Gasteiger partial charge < -0.3 is 5.32 Å². The number of nitrogens with zero attached hydrogens (tertiary/aromatic N) is 1. The normalized spacial score (nSPS) is 20.7. The Balaban J connectivity index is 0.000000980. The monoisotopic (exact) mass is 175 g/mol. The van der Waals surface area contributed by atoms with Crippen LogP contribution in [0.25, 0.3) is 5.57 Å². The average molecular weight is 175 g/mol. The van der Waals surface area contributed by atoms with Gasteiger partial charge in [-0.1, -0.05) is 18.2 Å². The molecule has 0 fully saturated rings. The van der Waals surface area contributed by atoms with Crippen molar-refractivity contribution < 1.29 is 1.43 Å². The van der Waals surface area contributed by atoms with Crippen LogP contribution in [0.2, 0.25) is 0 Å². The first kappa shape index (κ1) is 8.05. The van der Waals surface area contributed by atoms with Gasteiger partial charge in [-0.05, 0) is 19.1 Å². The van der Waals surface area contributed by atoms with Crippen molar-refractivity contribution in [3.05, 3.63) is 48.4 Å². The minimum atomic E-state index is 0. The zero-order valence-electron chi connectivity index (χ0n) is 7.57. The van der Waals surface area contributed by atoms with Crippen LogP contribution >= 0.6 is 0 Å². The second-order valence-electron chi connectivity index (χ2n) is 3.13. The predicted molar refractivity (Wildman–Crippen MR) is 56.1 cm³/mol. The lowest BCUT2D eigenvalue weighted by Gasteiger charge is -2.13. The van der Waals surface area contributed by atoms with Crippen molar-refractivity contribution in [3.8, 4) is 0 Å². The highest BCUT2D eigenvalue weighted by Gasteiger charge is 2.04. The van der Waals surface area contributed by atoms with Crippen LogP contribution in [0.1, 0.15) is 14.0 Å². The minimum Gasteiger partial charge on any atom is -0.384 e. The van der Waals surface area contributed by atoms with Crippen LogP contribution in [0.4, 0.5) is 0 Å². The lowest BCUT2D eigenvalue weighted by molar-refractivity contribution is 0.763. The van der Waals surface area contributed by atoms with Gasteiger partial charge >= 0.3 is 0 Å². The van der Waals surface area contributed by atoms with E-state index in [2.05, 4.69) is 29.4 Å². The summed E-state index contributed by atoms with van der Waals surface area (Å²) in [7, 11) is 0. The molecule has 1 atom stereocenters. The first-order valence-electron chi connectivity index (χ1n) is 4.42. The summed E-state index contributed by atoms with van der Waals surface area (Å²) in [6.45, 7) is 2.11. The van der Waals surface area contributed by atoms with Gasteiger partial charge in [-0.3, -0.25) is 4.98 Å². The maximum Gasteiger partial charge on any atom is 0.0716 e. The first-order valence-corrected chi connectivity index (χ1v) is 4.42. The van der Waals surface area contributed by atoms with Gasteiger partial charge in [0.2, 0.25) is 0 Å². The van der Waals surface area contributed by atoms with E-state index in [1.807, 2.05) is 30.6 Å². The summed E-state index contributed by atoms with van der Waals surface area (Å²) in [6, 6.07) is 6.35. The van der Waals surface area contributed by atoms with Gasteiger partial charge in [0.1, 0.15) is 0 Å². The van der Waals surface area contributed by atoms with Crippen LogP contribution in [0.3, 0.4) is 0 Å². The molecule has 0 amide bonds. The van der Waals surface area contributed by atoms with Gasteiger partial charge in [0, 0.05) is 25.4 Å². The van der Waals surface area contributed by atoms with Crippen molar-refractivity contribution in [2.24, 2.45) is 0 Å². The van der Waals surface area contributed by atoms with Crippen molar-refractivity contribution in [2.45, 2.75) is 13.0 Å². The van der Waals surface area contributed by atoms with Gasteiger partial charge in [0.25, 0.3) is 0 Å². The third-order valence-electron chi connectivity index (χ3n) is 2.03. The highest BCUT2D eigenvalue weighted by atomic mass is 14.9. The fourth-order valence-electron chi connectivity index (χ4n) is 1.27. The van der Waals surface area contributed by atoms with Crippen molar-refractivity contribution in [2.75, 3.05) is 0 Å². The Morgan fingerprint density at radius 3 is 3.00 bits per heavy atom. The highest BCUT2D eigenvalue weighted by molar-refractivity contribution is 5.72. The molecule has 2 rings (SSSR count). The van der Waals surface area contributed by atoms with E-state index in [0.717, 1.165) is 11.3 Å². The van der Waals surface area contributed by atoms with Crippen LogP contribution in [-0.4, -0.2) is 11.0 Å². The molecule has 2 heterocycles. The lowest BCUT2D eigenvalue weighted by atomic mass is 10.1. The topological polar surface area (TPSA) is 24.9 Å². The maximum absolute atomic E-state index is 4.27. The molecule has 68 valence electrons. The summed E-state index contributed by atoms with van der Waals surface area (Å²) in [6.07, 6.45) is 8.04. The number of hydrogen-bond donors (Lipinski definition) is 1. The average Bonchev–Trinajstić information content (AvgIpc) is 2.20. The fraction of sp³-hybridized carbons (Fsp3) is 0.182.